The maximum absolute atomic E-state index is 12.9. The van der Waals surface area contributed by atoms with Gasteiger partial charge in [-0.3, -0.25) is 9.59 Å². The lowest BCUT2D eigenvalue weighted by Gasteiger charge is -2.27. The molecular formula is C33H35NO7. The summed E-state index contributed by atoms with van der Waals surface area (Å²) in [4.78, 5) is 39.6. The van der Waals surface area contributed by atoms with Gasteiger partial charge in [0.2, 0.25) is 0 Å². The van der Waals surface area contributed by atoms with Crippen LogP contribution in [0.3, 0.4) is 0 Å². The third-order valence-corrected chi connectivity index (χ3v) is 6.33. The Morgan fingerprint density at radius 1 is 0.902 bits per heavy atom. The first kappa shape index (κ1) is 29.4. The number of benzene rings is 3. The van der Waals surface area contributed by atoms with Gasteiger partial charge in [-0.05, 0) is 30.5 Å². The molecule has 0 saturated heterocycles. The van der Waals surface area contributed by atoms with E-state index >= 15 is 0 Å². The summed E-state index contributed by atoms with van der Waals surface area (Å²) >= 11 is 0. The van der Waals surface area contributed by atoms with Crippen LogP contribution in [0.15, 0.2) is 94.1 Å². The van der Waals surface area contributed by atoms with Gasteiger partial charge in [0.05, 0.1) is 11.9 Å². The molecule has 1 atom stereocenters. The Balaban J connectivity index is 1.48. The van der Waals surface area contributed by atoms with Crippen LogP contribution in [0.2, 0.25) is 0 Å². The maximum Gasteiger partial charge on any atom is 0.410 e. The highest BCUT2D eigenvalue weighted by Crippen LogP contribution is 2.25. The van der Waals surface area contributed by atoms with Gasteiger partial charge in [0.25, 0.3) is 0 Å². The van der Waals surface area contributed by atoms with Crippen LogP contribution in [0.4, 0.5) is 4.79 Å². The van der Waals surface area contributed by atoms with Crippen LogP contribution in [0, 0.1) is 0 Å². The molecule has 1 amide bonds. The minimum atomic E-state index is -0.733. The summed E-state index contributed by atoms with van der Waals surface area (Å²) < 4.78 is 23.3. The third-order valence-electron chi connectivity index (χ3n) is 6.33. The molecule has 41 heavy (non-hydrogen) atoms. The van der Waals surface area contributed by atoms with Crippen LogP contribution in [0.25, 0.3) is 22.3 Å². The molecule has 0 fully saturated rings. The van der Waals surface area contributed by atoms with Crippen molar-refractivity contribution in [3.8, 4) is 17.1 Å². The summed E-state index contributed by atoms with van der Waals surface area (Å²) in [6.45, 7) is 4.53. The molecule has 1 unspecified atom stereocenters. The van der Waals surface area contributed by atoms with Gasteiger partial charge >= 0.3 is 12.1 Å². The molecule has 8 nitrogen and oxygen atoms in total. The molecule has 4 rings (SSSR count). The first-order chi connectivity index (χ1) is 20.0. The molecule has 214 valence electrons. The lowest BCUT2D eigenvalue weighted by Crippen LogP contribution is -2.42. The first-order valence-corrected chi connectivity index (χ1v) is 13.9. The maximum atomic E-state index is 12.9. The number of rotatable bonds is 13. The third kappa shape index (κ3) is 8.45. The molecule has 4 aromatic rings. The minimum absolute atomic E-state index is 0.00422. The fourth-order valence-electron chi connectivity index (χ4n) is 4.32. The molecule has 8 heteroatoms. The van der Waals surface area contributed by atoms with Gasteiger partial charge in [0, 0.05) is 30.7 Å². The van der Waals surface area contributed by atoms with Crippen molar-refractivity contribution in [2.75, 3.05) is 19.7 Å². The number of amides is 1. The highest BCUT2D eigenvalue weighted by atomic mass is 16.6. The smallest absolute Gasteiger partial charge is 0.410 e. The Hall–Kier alpha value is -4.59. The number of nitrogens with zero attached hydrogens (tertiary/aromatic N) is 1. The van der Waals surface area contributed by atoms with Crippen LogP contribution in [-0.2, 0) is 20.9 Å². The van der Waals surface area contributed by atoms with Crippen molar-refractivity contribution in [2.24, 2.45) is 0 Å². The predicted octanol–water partition coefficient (Wildman–Crippen LogP) is 6.60. The largest absolute Gasteiger partial charge is 0.490 e. The van der Waals surface area contributed by atoms with Gasteiger partial charge < -0.3 is 23.5 Å². The standard InChI is InChI=1S/C33H35NO7/c1-3-11-32(36)40-27(21-34(18-4-2)33(37)39-22-24-12-7-5-8-13-24)23-38-26-16-17-28-29(35)20-30(41-31(28)19-26)25-14-9-6-10-15-25/h5-10,12-17,19-20,27H,3-4,11,18,21-23H2,1-2H3. The van der Waals surface area contributed by atoms with Gasteiger partial charge in [0.1, 0.15) is 30.3 Å². The van der Waals surface area contributed by atoms with Crippen LogP contribution in [-0.4, -0.2) is 42.8 Å². The SMILES string of the molecule is CCCC(=O)OC(COc1ccc2c(=O)cc(-c3ccccc3)oc2c1)CN(CCC)C(=O)OCc1ccccc1. The van der Waals surface area contributed by atoms with E-state index in [9.17, 15) is 14.4 Å². The van der Waals surface area contributed by atoms with Crippen molar-refractivity contribution in [1.82, 2.24) is 4.90 Å². The van der Waals surface area contributed by atoms with Gasteiger partial charge in [-0.15, -0.1) is 0 Å². The lowest BCUT2D eigenvalue weighted by atomic mass is 10.1. The van der Waals surface area contributed by atoms with E-state index < -0.39 is 12.2 Å². The molecule has 1 heterocycles. The number of hydrogen-bond acceptors (Lipinski definition) is 7. The van der Waals surface area contributed by atoms with E-state index in [2.05, 4.69) is 0 Å². The van der Waals surface area contributed by atoms with Crippen molar-refractivity contribution in [1.29, 1.82) is 0 Å². The normalized spacial score (nSPS) is 11.6. The summed E-state index contributed by atoms with van der Waals surface area (Å²) in [6, 6.07) is 25.2. The summed E-state index contributed by atoms with van der Waals surface area (Å²) in [5.41, 5.74) is 1.89. The van der Waals surface area contributed by atoms with Gasteiger partial charge in [-0.1, -0.05) is 74.5 Å². The predicted molar refractivity (Wildman–Crippen MR) is 157 cm³/mol. The number of ether oxygens (including phenoxy) is 3. The monoisotopic (exact) mass is 557 g/mol. The fraction of sp³-hybridized carbons (Fsp3) is 0.303. The van der Waals surface area contributed by atoms with Crippen molar-refractivity contribution in [3.63, 3.8) is 0 Å². The van der Waals surface area contributed by atoms with Crippen molar-refractivity contribution in [2.45, 2.75) is 45.8 Å². The zero-order valence-corrected chi connectivity index (χ0v) is 23.4. The molecule has 0 spiro atoms. The number of carbonyl (C=O) groups is 2. The summed E-state index contributed by atoms with van der Waals surface area (Å²) in [7, 11) is 0. The highest BCUT2D eigenvalue weighted by molar-refractivity contribution is 5.80. The van der Waals surface area contributed by atoms with Crippen LogP contribution in [0.1, 0.15) is 38.7 Å². The van der Waals surface area contributed by atoms with Crippen LogP contribution in [0.5, 0.6) is 5.75 Å². The second-order valence-electron chi connectivity index (χ2n) is 9.66. The van der Waals surface area contributed by atoms with Gasteiger partial charge in [-0.25, -0.2) is 4.79 Å². The van der Waals surface area contributed by atoms with E-state index in [0.717, 1.165) is 11.1 Å². The Kier molecular flexibility index (Phi) is 10.5. The summed E-state index contributed by atoms with van der Waals surface area (Å²) in [5.74, 6) is 0.527. The van der Waals surface area contributed by atoms with E-state index in [4.69, 9.17) is 18.6 Å². The quantitative estimate of drug-likeness (QED) is 0.171. The van der Waals surface area contributed by atoms with Crippen LogP contribution >= 0.6 is 0 Å². The molecular weight excluding hydrogens is 522 g/mol. The van der Waals surface area contributed by atoms with Gasteiger partial charge in [-0.2, -0.15) is 0 Å². The zero-order chi connectivity index (χ0) is 29.0. The average molecular weight is 558 g/mol. The topological polar surface area (TPSA) is 95.3 Å². The molecule has 1 aromatic heterocycles. The second kappa shape index (κ2) is 14.7. The van der Waals surface area contributed by atoms with E-state index in [1.807, 2.05) is 74.5 Å². The summed E-state index contributed by atoms with van der Waals surface area (Å²) in [6.07, 6.45) is 0.366. The van der Waals surface area contributed by atoms with Crippen molar-refractivity contribution in [3.05, 3.63) is 101 Å². The molecule has 3 aromatic carbocycles. The second-order valence-corrected chi connectivity index (χ2v) is 9.66. The molecule has 0 aliphatic carbocycles. The molecule has 0 saturated carbocycles. The Morgan fingerprint density at radius 3 is 2.34 bits per heavy atom. The molecule has 0 aliphatic heterocycles. The Labute approximate surface area is 239 Å². The first-order valence-electron chi connectivity index (χ1n) is 13.9. The van der Waals surface area contributed by atoms with Crippen LogP contribution < -0.4 is 10.2 Å². The number of hydrogen-bond donors (Lipinski definition) is 0. The van der Waals surface area contributed by atoms with Crippen molar-refractivity contribution < 1.29 is 28.2 Å². The Bertz CT molecular complexity index is 1480. The van der Waals surface area contributed by atoms with E-state index in [0.29, 0.717) is 41.9 Å². The lowest BCUT2D eigenvalue weighted by molar-refractivity contribution is -0.151. The average Bonchev–Trinajstić information content (AvgIpc) is 2.99. The van der Waals surface area contributed by atoms with E-state index in [1.54, 1.807) is 18.2 Å². The number of esters is 1. The summed E-state index contributed by atoms with van der Waals surface area (Å²) in [5, 5.41) is 0.429. The van der Waals surface area contributed by atoms with E-state index in [-0.39, 0.29) is 37.6 Å². The number of carbonyl (C=O) groups excluding carboxylic acids is 2. The van der Waals surface area contributed by atoms with Gasteiger partial charge in [0.15, 0.2) is 11.5 Å². The number of fused-ring (bicyclic) bond motifs is 1. The molecule has 0 aliphatic rings. The molecule has 0 bridgehead atoms. The zero-order valence-electron chi connectivity index (χ0n) is 23.4. The van der Waals surface area contributed by atoms with Crippen molar-refractivity contribution >= 4 is 23.0 Å². The fourth-order valence-corrected chi connectivity index (χ4v) is 4.32. The molecule has 0 N–H and O–H groups in total. The highest BCUT2D eigenvalue weighted by Gasteiger charge is 2.24. The Morgan fingerprint density at radius 2 is 1.63 bits per heavy atom. The van der Waals surface area contributed by atoms with E-state index in [1.165, 1.54) is 11.0 Å². The molecule has 0 radical (unpaired) electrons. The minimum Gasteiger partial charge on any atom is -0.490 e.